The Bertz CT molecular complexity index is 1180. The average molecular weight is 527 g/mol. The number of halogens is 3. The predicted molar refractivity (Wildman–Crippen MR) is 142 cm³/mol. The summed E-state index contributed by atoms with van der Waals surface area (Å²) in [4.78, 5) is 27.2. The summed E-state index contributed by atoms with van der Waals surface area (Å²) in [5, 5.41) is 3.96. The first-order chi connectivity index (χ1) is 17.4. The van der Waals surface area contributed by atoms with Gasteiger partial charge in [0.2, 0.25) is 5.91 Å². The minimum atomic E-state index is -0.347. The van der Waals surface area contributed by atoms with E-state index in [0.29, 0.717) is 41.2 Å². The average Bonchev–Trinajstić information content (AvgIpc) is 2.89. The number of likely N-dealkylation sites (tertiary alicyclic amines) is 1. The van der Waals surface area contributed by atoms with Gasteiger partial charge in [-0.3, -0.25) is 9.59 Å². The molecule has 7 heteroatoms. The Morgan fingerprint density at radius 1 is 0.944 bits per heavy atom. The highest BCUT2D eigenvalue weighted by atomic mass is 35.5. The molecule has 1 unspecified atom stereocenters. The van der Waals surface area contributed by atoms with E-state index in [2.05, 4.69) is 17.4 Å². The summed E-state index contributed by atoms with van der Waals surface area (Å²) >= 11 is 12.0. The first-order valence-electron chi connectivity index (χ1n) is 12.2. The normalized spacial score (nSPS) is 14.9. The van der Waals surface area contributed by atoms with Crippen LogP contribution in [0, 0.1) is 11.7 Å². The van der Waals surface area contributed by atoms with Crippen molar-refractivity contribution in [2.45, 2.75) is 31.6 Å². The van der Waals surface area contributed by atoms with Crippen molar-refractivity contribution in [3.8, 4) is 0 Å². The Morgan fingerprint density at radius 2 is 1.64 bits per heavy atom. The molecule has 1 atom stereocenters. The summed E-state index contributed by atoms with van der Waals surface area (Å²) in [6, 6.07) is 21.3. The van der Waals surface area contributed by atoms with Gasteiger partial charge in [-0.1, -0.05) is 59.6 Å². The van der Waals surface area contributed by atoms with Crippen LogP contribution in [0.25, 0.3) is 0 Å². The molecule has 0 aliphatic carbocycles. The van der Waals surface area contributed by atoms with E-state index < -0.39 is 0 Å². The third-order valence-electron chi connectivity index (χ3n) is 6.84. The van der Waals surface area contributed by atoms with Crippen LogP contribution in [0.1, 0.15) is 46.7 Å². The van der Waals surface area contributed by atoms with E-state index in [0.717, 1.165) is 24.8 Å². The minimum Gasteiger partial charge on any atom is -0.356 e. The second-order valence-corrected chi connectivity index (χ2v) is 10.0. The van der Waals surface area contributed by atoms with Crippen LogP contribution in [-0.2, 0) is 11.2 Å². The number of nitrogens with one attached hydrogen (secondary N) is 1. The second kappa shape index (κ2) is 12.4. The van der Waals surface area contributed by atoms with Gasteiger partial charge in [0.15, 0.2) is 0 Å². The molecule has 4 nitrogen and oxygen atoms in total. The molecule has 0 bridgehead atoms. The number of hydrogen-bond acceptors (Lipinski definition) is 2. The fraction of sp³-hybridized carbons (Fsp3) is 0.310. The molecule has 1 aliphatic heterocycles. The van der Waals surface area contributed by atoms with Crippen molar-refractivity contribution in [2.24, 2.45) is 5.92 Å². The van der Waals surface area contributed by atoms with Crippen LogP contribution in [0.2, 0.25) is 10.0 Å². The van der Waals surface area contributed by atoms with Gasteiger partial charge >= 0.3 is 0 Å². The molecule has 2 amide bonds. The van der Waals surface area contributed by atoms with Gasteiger partial charge in [0.1, 0.15) is 5.82 Å². The zero-order valence-corrected chi connectivity index (χ0v) is 21.4. The van der Waals surface area contributed by atoms with Crippen LogP contribution >= 0.6 is 23.2 Å². The molecule has 1 fully saturated rings. The van der Waals surface area contributed by atoms with Crippen LogP contribution < -0.4 is 5.32 Å². The number of hydrogen-bond donors (Lipinski definition) is 1. The number of rotatable bonds is 8. The van der Waals surface area contributed by atoms with Crippen LogP contribution in [0.3, 0.4) is 0 Å². The lowest BCUT2D eigenvalue weighted by Crippen LogP contribution is -2.40. The van der Waals surface area contributed by atoms with Crippen LogP contribution in [0.4, 0.5) is 4.39 Å². The zero-order valence-electron chi connectivity index (χ0n) is 19.9. The molecule has 3 aromatic carbocycles. The highest BCUT2D eigenvalue weighted by Crippen LogP contribution is 2.35. The van der Waals surface area contributed by atoms with Crippen molar-refractivity contribution in [1.82, 2.24) is 10.2 Å². The molecule has 1 heterocycles. The number of carbonyl (C=O) groups excluding carboxylic acids is 2. The minimum absolute atomic E-state index is 0.0556. The number of nitrogens with zero attached hydrogens (tertiary/aromatic N) is 1. The molecule has 1 saturated heterocycles. The molecular weight excluding hydrogens is 498 g/mol. The van der Waals surface area contributed by atoms with Crippen molar-refractivity contribution in [3.05, 3.63) is 105 Å². The van der Waals surface area contributed by atoms with E-state index in [1.165, 1.54) is 29.8 Å². The second-order valence-electron chi connectivity index (χ2n) is 9.22. The van der Waals surface area contributed by atoms with Crippen LogP contribution in [-0.4, -0.2) is 36.3 Å². The van der Waals surface area contributed by atoms with Crippen molar-refractivity contribution in [2.75, 3.05) is 19.6 Å². The third-order valence-corrected chi connectivity index (χ3v) is 7.58. The van der Waals surface area contributed by atoms with Gasteiger partial charge in [-0.25, -0.2) is 4.39 Å². The van der Waals surface area contributed by atoms with E-state index in [4.69, 9.17) is 23.2 Å². The van der Waals surface area contributed by atoms with E-state index in [9.17, 15) is 14.0 Å². The lowest BCUT2D eigenvalue weighted by atomic mass is 9.78. The molecule has 36 heavy (non-hydrogen) atoms. The van der Waals surface area contributed by atoms with Gasteiger partial charge in [0, 0.05) is 25.2 Å². The summed E-state index contributed by atoms with van der Waals surface area (Å²) in [7, 11) is 0. The topological polar surface area (TPSA) is 49.4 Å². The van der Waals surface area contributed by atoms with Crippen LogP contribution in [0.15, 0.2) is 72.8 Å². The number of piperidine rings is 1. The zero-order chi connectivity index (χ0) is 25.5. The van der Waals surface area contributed by atoms with Crippen molar-refractivity contribution < 1.29 is 14.0 Å². The number of carbonyl (C=O) groups is 2. The molecule has 0 aromatic heterocycles. The summed E-state index contributed by atoms with van der Waals surface area (Å²) in [5.41, 5.74) is 2.58. The standard InChI is InChI=1S/C29H29Cl2FN2O2/c30-26-11-6-20(18-27(26)31)19-28(35)33-15-12-25(21-4-2-1-3-5-21)22-13-16-34(17-14-22)29(36)23-7-9-24(32)10-8-23/h1-11,18,22,25H,12-17,19H2,(H,33,35). The quantitative estimate of drug-likeness (QED) is 0.363. The summed E-state index contributed by atoms with van der Waals surface area (Å²) in [5.74, 6) is 0.218. The van der Waals surface area contributed by atoms with E-state index >= 15 is 0 Å². The van der Waals surface area contributed by atoms with Gasteiger partial charge in [0.25, 0.3) is 5.91 Å². The molecule has 4 rings (SSSR count). The number of benzene rings is 3. The van der Waals surface area contributed by atoms with Gasteiger partial charge in [-0.15, -0.1) is 0 Å². The largest absolute Gasteiger partial charge is 0.356 e. The molecule has 0 radical (unpaired) electrons. The lowest BCUT2D eigenvalue weighted by Gasteiger charge is -2.36. The molecule has 3 aromatic rings. The van der Waals surface area contributed by atoms with E-state index in [1.54, 1.807) is 12.1 Å². The Balaban J connectivity index is 1.33. The first-order valence-corrected chi connectivity index (χ1v) is 13.0. The maximum Gasteiger partial charge on any atom is 0.253 e. The summed E-state index contributed by atoms with van der Waals surface area (Å²) in [6.07, 6.45) is 2.82. The Labute approximate surface area is 221 Å². The first kappa shape index (κ1) is 26.2. The Hall–Kier alpha value is -2.89. The molecule has 0 spiro atoms. The maximum absolute atomic E-state index is 13.2. The highest BCUT2D eigenvalue weighted by Gasteiger charge is 2.29. The van der Waals surface area contributed by atoms with Gasteiger partial charge in [0.05, 0.1) is 16.5 Å². The smallest absolute Gasteiger partial charge is 0.253 e. The predicted octanol–water partition coefficient (Wildman–Crippen LogP) is 6.52. The third kappa shape index (κ3) is 6.86. The van der Waals surface area contributed by atoms with E-state index in [1.807, 2.05) is 29.2 Å². The molecule has 188 valence electrons. The number of amides is 2. The van der Waals surface area contributed by atoms with Crippen molar-refractivity contribution >= 4 is 35.0 Å². The highest BCUT2D eigenvalue weighted by molar-refractivity contribution is 6.42. The monoisotopic (exact) mass is 526 g/mol. The SMILES string of the molecule is O=C(Cc1ccc(Cl)c(Cl)c1)NCCC(c1ccccc1)C1CCN(C(=O)c2ccc(F)cc2)CC1. The molecule has 0 saturated carbocycles. The maximum atomic E-state index is 13.2. The van der Waals surface area contributed by atoms with Crippen molar-refractivity contribution in [1.29, 1.82) is 0 Å². The fourth-order valence-corrected chi connectivity index (χ4v) is 5.24. The summed E-state index contributed by atoms with van der Waals surface area (Å²) in [6.45, 7) is 1.89. The Kier molecular flexibility index (Phi) is 9.00. The summed E-state index contributed by atoms with van der Waals surface area (Å²) < 4.78 is 13.2. The van der Waals surface area contributed by atoms with Crippen molar-refractivity contribution in [3.63, 3.8) is 0 Å². The van der Waals surface area contributed by atoms with Gasteiger partial charge < -0.3 is 10.2 Å². The Morgan fingerprint density at radius 3 is 2.31 bits per heavy atom. The van der Waals surface area contributed by atoms with Crippen LogP contribution in [0.5, 0.6) is 0 Å². The van der Waals surface area contributed by atoms with E-state index in [-0.39, 0.29) is 30.0 Å². The van der Waals surface area contributed by atoms with Gasteiger partial charge in [-0.05, 0) is 78.6 Å². The molecule has 1 aliphatic rings. The van der Waals surface area contributed by atoms with Gasteiger partial charge in [-0.2, -0.15) is 0 Å². The molecule has 1 N–H and O–H groups in total. The fourth-order valence-electron chi connectivity index (χ4n) is 4.92. The molecular formula is C29H29Cl2FN2O2. The lowest BCUT2D eigenvalue weighted by molar-refractivity contribution is -0.120.